The average Bonchev–Trinajstić information content (AvgIpc) is 2.64. The van der Waals surface area contributed by atoms with Crippen molar-refractivity contribution in [2.75, 3.05) is 6.61 Å². The molecule has 0 aliphatic rings. The van der Waals surface area contributed by atoms with Crippen LogP contribution in [0.4, 0.5) is 0 Å². The van der Waals surface area contributed by atoms with E-state index in [0.29, 0.717) is 16.5 Å². The topological polar surface area (TPSA) is 50.7 Å². The second kappa shape index (κ2) is 7.81. The molecule has 0 aromatic heterocycles. The number of ether oxygens (including phenoxy) is 1. The maximum absolute atomic E-state index is 11.9. The predicted octanol–water partition coefficient (Wildman–Crippen LogP) is 4.41. The SMILES string of the molecule is CC(=NNC(=O)COc1ccc2ccccc2c1)c1ccccc1Cl. The van der Waals surface area contributed by atoms with Crippen LogP contribution in [0.25, 0.3) is 10.8 Å². The normalized spacial score (nSPS) is 11.4. The van der Waals surface area contributed by atoms with Gasteiger partial charge in [-0.3, -0.25) is 4.79 Å². The van der Waals surface area contributed by atoms with E-state index >= 15 is 0 Å². The Balaban J connectivity index is 1.59. The predicted molar refractivity (Wildman–Crippen MR) is 101 cm³/mol. The van der Waals surface area contributed by atoms with Crippen LogP contribution in [-0.4, -0.2) is 18.2 Å². The molecule has 1 amide bonds. The first kappa shape index (κ1) is 17.0. The fourth-order valence-corrected chi connectivity index (χ4v) is 2.67. The number of fused-ring (bicyclic) bond motifs is 1. The van der Waals surface area contributed by atoms with Gasteiger partial charge in [0.15, 0.2) is 6.61 Å². The smallest absolute Gasteiger partial charge is 0.277 e. The van der Waals surface area contributed by atoms with Crippen molar-refractivity contribution in [1.82, 2.24) is 5.43 Å². The minimum atomic E-state index is -0.334. The van der Waals surface area contributed by atoms with E-state index in [-0.39, 0.29) is 12.5 Å². The summed E-state index contributed by atoms with van der Waals surface area (Å²) in [6, 6.07) is 21.0. The number of benzene rings is 3. The Morgan fingerprint density at radius 3 is 2.56 bits per heavy atom. The molecule has 0 spiro atoms. The molecular formula is C20H17ClN2O2. The van der Waals surface area contributed by atoms with Gasteiger partial charge in [-0.2, -0.15) is 5.10 Å². The van der Waals surface area contributed by atoms with Crippen LogP contribution in [0.3, 0.4) is 0 Å². The lowest BCUT2D eigenvalue weighted by Gasteiger charge is -2.07. The average molecular weight is 353 g/mol. The number of rotatable bonds is 5. The van der Waals surface area contributed by atoms with Gasteiger partial charge in [-0.1, -0.05) is 60.1 Å². The number of halogens is 1. The molecule has 0 saturated carbocycles. The molecule has 0 aliphatic carbocycles. The zero-order valence-corrected chi connectivity index (χ0v) is 14.5. The van der Waals surface area contributed by atoms with Gasteiger partial charge < -0.3 is 4.74 Å². The summed E-state index contributed by atoms with van der Waals surface area (Å²) in [5.74, 6) is 0.306. The van der Waals surface area contributed by atoms with Gasteiger partial charge in [-0.05, 0) is 35.9 Å². The van der Waals surface area contributed by atoms with Crippen LogP contribution in [0.2, 0.25) is 5.02 Å². The van der Waals surface area contributed by atoms with Crippen molar-refractivity contribution in [3.8, 4) is 5.75 Å². The monoisotopic (exact) mass is 352 g/mol. The summed E-state index contributed by atoms with van der Waals surface area (Å²) in [7, 11) is 0. The first-order chi connectivity index (χ1) is 12.1. The molecule has 5 heteroatoms. The lowest BCUT2D eigenvalue weighted by atomic mass is 10.1. The third kappa shape index (κ3) is 4.37. The molecule has 126 valence electrons. The van der Waals surface area contributed by atoms with Gasteiger partial charge in [0, 0.05) is 10.6 Å². The maximum Gasteiger partial charge on any atom is 0.277 e. The second-order valence-corrected chi connectivity index (χ2v) is 5.92. The molecule has 3 aromatic carbocycles. The summed E-state index contributed by atoms with van der Waals surface area (Å²) >= 11 is 6.11. The number of hydrazone groups is 1. The molecule has 1 N–H and O–H groups in total. The fraction of sp³-hybridized carbons (Fsp3) is 0.100. The molecule has 0 heterocycles. The van der Waals surface area contributed by atoms with E-state index in [4.69, 9.17) is 16.3 Å². The molecule has 0 fully saturated rings. The number of hydrogen-bond donors (Lipinski definition) is 1. The standard InChI is InChI=1S/C20H17ClN2O2/c1-14(18-8-4-5-9-19(18)21)22-23-20(24)13-25-17-11-10-15-6-2-3-7-16(15)12-17/h2-12H,13H2,1H3,(H,23,24). The molecule has 4 nitrogen and oxygen atoms in total. The Labute approximate surface area is 151 Å². The summed E-state index contributed by atoms with van der Waals surface area (Å²) in [6.07, 6.45) is 0. The van der Waals surface area contributed by atoms with Crippen LogP contribution in [0, 0.1) is 0 Å². The van der Waals surface area contributed by atoms with Crippen LogP contribution >= 0.6 is 11.6 Å². The van der Waals surface area contributed by atoms with Gasteiger partial charge in [-0.15, -0.1) is 0 Å². The van der Waals surface area contributed by atoms with Gasteiger partial charge in [0.2, 0.25) is 0 Å². The van der Waals surface area contributed by atoms with Gasteiger partial charge in [0.1, 0.15) is 5.75 Å². The number of hydrogen-bond acceptors (Lipinski definition) is 3. The number of carbonyl (C=O) groups is 1. The molecule has 3 rings (SSSR count). The van der Waals surface area contributed by atoms with Crippen molar-refractivity contribution in [3.63, 3.8) is 0 Å². The van der Waals surface area contributed by atoms with Gasteiger partial charge in [0.25, 0.3) is 5.91 Å². The van der Waals surface area contributed by atoms with Crippen molar-refractivity contribution in [3.05, 3.63) is 77.3 Å². The van der Waals surface area contributed by atoms with E-state index in [1.165, 1.54) is 0 Å². The number of nitrogens with zero attached hydrogens (tertiary/aromatic N) is 1. The molecule has 3 aromatic rings. The maximum atomic E-state index is 11.9. The third-order valence-corrected chi connectivity index (χ3v) is 4.03. The first-order valence-corrected chi connectivity index (χ1v) is 8.21. The van der Waals surface area contributed by atoms with Crippen molar-refractivity contribution in [1.29, 1.82) is 0 Å². The van der Waals surface area contributed by atoms with Gasteiger partial charge in [-0.25, -0.2) is 5.43 Å². The van der Waals surface area contributed by atoms with E-state index in [1.54, 1.807) is 13.0 Å². The summed E-state index contributed by atoms with van der Waals surface area (Å²) < 4.78 is 5.53. The van der Waals surface area contributed by atoms with E-state index in [2.05, 4.69) is 10.5 Å². The van der Waals surface area contributed by atoms with Crippen LogP contribution in [-0.2, 0) is 4.79 Å². The van der Waals surface area contributed by atoms with Crippen LogP contribution in [0.1, 0.15) is 12.5 Å². The highest BCUT2D eigenvalue weighted by Crippen LogP contribution is 2.20. The van der Waals surface area contributed by atoms with Crippen LogP contribution < -0.4 is 10.2 Å². The molecule has 0 bridgehead atoms. The molecular weight excluding hydrogens is 336 g/mol. The zero-order chi connectivity index (χ0) is 17.6. The minimum absolute atomic E-state index is 0.113. The highest BCUT2D eigenvalue weighted by molar-refractivity contribution is 6.34. The summed E-state index contributed by atoms with van der Waals surface area (Å²) in [6.45, 7) is 1.67. The van der Waals surface area contributed by atoms with Crippen molar-refractivity contribution in [2.45, 2.75) is 6.92 Å². The first-order valence-electron chi connectivity index (χ1n) is 7.83. The highest BCUT2D eigenvalue weighted by Gasteiger charge is 2.05. The van der Waals surface area contributed by atoms with E-state index in [1.807, 2.05) is 60.7 Å². The molecule has 0 radical (unpaired) electrons. The van der Waals surface area contributed by atoms with Crippen molar-refractivity contribution in [2.24, 2.45) is 5.10 Å². The lowest BCUT2D eigenvalue weighted by molar-refractivity contribution is -0.123. The zero-order valence-electron chi connectivity index (χ0n) is 13.7. The van der Waals surface area contributed by atoms with Crippen molar-refractivity contribution >= 4 is 34.0 Å². The Bertz CT molecular complexity index is 938. The van der Waals surface area contributed by atoms with E-state index in [9.17, 15) is 4.79 Å². The third-order valence-electron chi connectivity index (χ3n) is 3.70. The van der Waals surface area contributed by atoms with Gasteiger partial charge >= 0.3 is 0 Å². The Hall–Kier alpha value is -2.85. The molecule has 0 atom stereocenters. The molecule has 0 aliphatic heterocycles. The number of carbonyl (C=O) groups excluding carboxylic acids is 1. The largest absolute Gasteiger partial charge is 0.484 e. The summed E-state index contributed by atoms with van der Waals surface area (Å²) in [5.41, 5.74) is 3.89. The Morgan fingerprint density at radius 1 is 1.04 bits per heavy atom. The number of amides is 1. The lowest BCUT2D eigenvalue weighted by Crippen LogP contribution is -2.25. The van der Waals surface area contributed by atoms with Crippen molar-refractivity contribution < 1.29 is 9.53 Å². The van der Waals surface area contributed by atoms with Crippen LogP contribution in [0.5, 0.6) is 5.75 Å². The molecule has 25 heavy (non-hydrogen) atoms. The Morgan fingerprint density at radius 2 is 1.76 bits per heavy atom. The van der Waals surface area contributed by atoms with Crippen LogP contribution in [0.15, 0.2) is 71.8 Å². The van der Waals surface area contributed by atoms with Gasteiger partial charge in [0.05, 0.1) is 5.71 Å². The number of nitrogens with one attached hydrogen (secondary N) is 1. The van der Waals surface area contributed by atoms with E-state index in [0.717, 1.165) is 16.3 Å². The highest BCUT2D eigenvalue weighted by atomic mass is 35.5. The minimum Gasteiger partial charge on any atom is -0.484 e. The quantitative estimate of drug-likeness (QED) is 0.546. The molecule has 0 unspecified atom stereocenters. The summed E-state index contributed by atoms with van der Waals surface area (Å²) in [5, 5.41) is 6.85. The Kier molecular flexibility index (Phi) is 5.31. The second-order valence-electron chi connectivity index (χ2n) is 5.51. The molecule has 0 saturated heterocycles. The fourth-order valence-electron chi connectivity index (χ4n) is 2.40. The summed E-state index contributed by atoms with van der Waals surface area (Å²) in [4.78, 5) is 11.9. The van der Waals surface area contributed by atoms with E-state index < -0.39 is 0 Å².